The largest absolute Gasteiger partial charge is 0.356 e. The molecule has 5 nitrogen and oxygen atoms in total. The fourth-order valence-electron chi connectivity index (χ4n) is 3.04. The zero-order valence-corrected chi connectivity index (χ0v) is 17.5. The van der Waals surface area contributed by atoms with Crippen molar-refractivity contribution in [2.24, 2.45) is 4.99 Å². The van der Waals surface area contributed by atoms with Crippen molar-refractivity contribution in [2.75, 3.05) is 20.1 Å². The molecule has 0 bridgehead atoms. The van der Waals surface area contributed by atoms with Gasteiger partial charge in [0.15, 0.2) is 5.96 Å². The second-order valence-electron chi connectivity index (χ2n) is 7.06. The first-order chi connectivity index (χ1) is 12.1. The van der Waals surface area contributed by atoms with E-state index < -0.39 is 0 Å². The van der Waals surface area contributed by atoms with Crippen LogP contribution in [-0.4, -0.2) is 38.0 Å². The molecule has 1 aromatic rings. The van der Waals surface area contributed by atoms with Crippen molar-refractivity contribution in [3.63, 3.8) is 0 Å². The highest BCUT2D eigenvalue weighted by atomic mass is 127. The molecule has 1 amide bonds. The average Bonchev–Trinajstić information content (AvgIpc) is 3.51. The Labute approximate surface area is 171 Å². The van der Waals surface area contributed by atoms with Crippen LogP contribution in [0.1, 0.15) is 44.1 Å². The summed E-state index contributed by atoms with van der Waals surface area (Å²) in [5.74, 6) is 0.695. The zero-order valence-electron chi connectivity index (χ0n) is 15.2. The normalized spacial score (nSPS) is 17.8. The molecule has 7 heteroatoms. The minimum absolute atomic E-state index is 0. The number of halogens is 2. The van der Waals surface area contributed by atoms with Gasteiger partial charge in [0.25, 0.3) is 0 Å². The van der Waals surface area contributed by atoms with Gasteiger partial charge in [0.2, 0.25) is 5.91 Å². The first-order valence-corrected chi connectivity index (χ1v) is 9.12. The maximum absolute atomic E-state index is 14.0. The lowest BCUT2D eigenvalue weighted by Crippen LogP contribution is -2.42. The number of nitrogens with zero attached hydrogens (tertiary/aromatic N) is 1. The summed E-state index contributed by atoms with van der Waals surface area (Å²) >= 11 is 0. The molecular weight excluding hydrogens is 446 g/mol. The second-order valence-corrected chi connectivity index (χ2v) is 7.06. The topological polar surface area (TPSA) is 65.5 Å². The van der Waals surface area contributed by atoms with Crippen molar-refractivity contribution in [2.45, 2.75) is 50.0 Å². The third kappa shape index (κ3) is 5.82. The van der Waals surface area contributed by atoms with Crippen LogP contribution in [0.2, 0.25) is 0 Å². The van der Waals surface area contributed by atoms with E-state index in [1.165, 1.54) is 6.07 Å². The zero-order chi connectivity index (χ0) is 17.7. The maximum atomic E-state index is 14.0. The summed E-state index contributed by atoms with van der Waals surface area (Å²) in [4.78, 5) is 15.9. The number of carbonyl (C=O) groups excluding carboxylic acids is 1. The SMILES string of the molecule is CN=C(NCCCC(=O)NC1CC1)NCC1(c2ccccc2F)CC1.I. The number of hydrogen-bond acceptors (Lipinski definition) is 2. The first-order valence-electron chi connectivity index (χ1n) is 9.12. The Kier molecular flexibility index (Phi) is 7.67. The lowest BCUT2D eigenvalue weighted by atomic mass is 9.95. The van der Waals surface area contributed by atoms with Crippen LogP contribution in [0.3, 0.4) is 0 Å². The molecule has 0 spiro atoms. The third-order valence-electron chi connectivity index (χ3n) is 4.93. The van der Waals surface area contributed by atoms with E-state index in [1.807, 2.05) is 12.1 Å². The minimum atomic E-state index is -0.133. The van der Waals surface area contributed by atoms with E-state index in [2.05, 4.69) is 20.9 Å². The van der Waals surface area contributed by atoms with E-state index in [1.54, 1.807) is 13.1 Å². The fourth-order valence-corrected chi connectivity index (χ4v) is 3.04. The van der Waals surface area contributed by atoms with Gasteiger partial charge in [-0.05, 0) is 43.7 Å². The molecule has 0 unspecified atom stereocenters. The first kappa shape index (κ1) is 20.9. The van der Waals surface area contributed by atoms with Crippen molar-refractivity contribution in [1.82, 2.24) is 16.0 Å². The molecule has 3 rings (SSSR count). The number of amides is 1. The lowest BCUT2D eigenvalue weighted by molar-refractivity contribution is -0.121. The molecule has 0 saturated heterocycles. The Balaban J connectivity index is 0.00000243. The monoisotopic (exact) mass is 474 g/mol. The molecular formula is C19H28FIN4O. The van der Waals surface area contributed by atoms with Crippen LogP contribution in [0.25, 0.3) is 0 Å². The summed E-state index contributed by atoms with van der Waals surface area (Å²) in [6.07, 6.45) is 5.49. The van der Waals surface area contributed by atoms with Crippen LogP contribution >= 0.6 is 24.0 Å². The van der Waals surface area contributed by atoms with Gasteiger partial charge in [0.1, 0.15) is 5.82 Å². The van der Waals surface area contributed by atoms with Gasteiger partial charge in [-0.3, -0.25) is 9.79 Å². The van der Waals surface area contributed by atoms with Crippen molar-refractivity contribution < 1.29 is 9.18 Å². The molecule has 3 N–H and O–H groups in total. The Morgan fingerprint density at radius 3 is 2.62 bits per heavy atom. The summed E-state index contributed by atoms with van der Waals surface area (Å²) in [5, 5.41) is 9.51. The Hall–Kier alpha value is -1.38. The van der Waals surface area contributed by atoms with Gasteiger partial charge < -0.3 is 16.0 Å². The van der Waals surface area contributed by atoms with Crippen molar-refractivity contribution in [1.29, 1.82) is 0 Å². The quantitative estimate of drug-likeness (QED) is 0.235. The molecule has 26 heavy (non-hydrogen) atoms. The molecule has 2 aliphatic rings. The van der Waals surface area contributed by atoms with E-state index in [-0.39, 0.29) is 41.1 Å². The Morgan fingerprint density at radius 2 is 2.00 bits per heavy atom. The molecule has 1 aromatic carbocycles. The van der Waals surface area contributed by atoms with Gasteiger partial charge >= 0.3 is 0 Å². The number of hydrogen-bond donors (Lipinski definition) is 3. The van der Waals surface area contributed by atoms with E-state index in [0.29, 0.717) is 31.5 Å². The molecule has 0 aliphatic heterocycles. The Bertz CT molecular complexity index is 644. The standard InChI is InChI=1S/C19H27FN4O.HI/c1-21-18(22-12-4-7-17(25)24-14-8-9-14)23-13-19(10-11-19)15-5-2-3-6-16(15)20;/h2-3,5-6,14H,4,7-13H2,1H3,(H,24,25)(H2,21,22,23);1H. The van der Waals surface area contributed by atoms with Crippen LogP contribution in [0.15, 0.2) is 29.3 Å². The van der Waals surface area contributed by atoms with E-state index >= 15 is 0 Å². The third-order valence-corrected chi connectivity index (χ3v) is 4.93. The van der Waals surface area contributed by atoms with Crippen molar-refractivity contribution in [3.05, 3.63) is 35.6 Å². The van der Waals surface area contributed by atoms with Crippen LogP contribution in [0.5, 0.6) is 0 Å². The molecule has 0 atom stereocenters. The lowest BCUT2D eigenvalue weighted by Gasteiger charge is -2.19. The molecule has 2 fully saturated rings. The number of nitrogens with one attached hydrogen (secondary N) is 3. The molecule has 2 saturated carbocycles. The summed E-state index contributed by atoms with van der Waals surface area (Å²) in [6.45, 7) is 1.35. The number of rotatable bonds is 8. The van der Waals surface area contributed by atoms with Crippen LogP contribution in [0.4, 0.5) is 4.39 Å². The fraction of sp³-hybridized carbons (Fsp3) is 0.579. The summed E-state index contributed by atoms with van der Waals surface area (Å²) in [6, 6.07) is 7.43. The minimum Gasteiger partial charge on any atom is -0.356 e. The molecule has 0 radical (unpaired) electrons. The second kappa shape index (κ2) is 9.53. The van der Waals surface area contributed by atoms with Gasteiger partial charge in [-0.15, -0.1) is 24.0 Å². The molecule has 0 aromatic heterocycles. The van der Waals surface area contributed by atoms with Crippen molar-refractivity contribution >= 4 is 35.8 Å². The van der Waals surface area contributed by atoms with Gasteiger partial charge in [-0.25, -0.2) is 4.39 Å². The molecule has 2 aliphatic carbocycles. The Morgan fingerprint density at radius 1 is 1.27 bits per heavy atom. The number of aliphatic imine (C=N–C) groups is 1. The van der Waals surface area contributed by atoms with Crippen molar-refractivity contribution in [3.8, 4) is 0 Å². The van der Waals surface area contributed by atoms with E-state index in [9.17, 15) is 9.18 Å². The maximum Gasteiger partial charge on any atom is 0.220 e. The van der Waals surface area contributed by atoms with Crippen LogP contribution in [-0.2, 0) is 10.2 Å². The highest BCUT2D eigenvalue weighted by Crippen LogP contribution is 2.48. The summed E-state index contributed by atoms with van der Waals surface area (Å²) in [5.41, 5.74) is 0.669. The van der Waals surface area contributed by atoms with E-state index in [0.717, 1.165) is 37.7 Å². The van der Waals surface area contributed by atoms with Gasteiger partial charge in [0, 0.05) is 38.0 Å². The smallest absolute Gasteiger partial charge is 0.220 e. The van der Waals surface area contributed by atoms with E-state index in [4.69, 9.17) is 0 Å². The molecule has 144 valence electrons. The predicted octanol–water partition coefficient (Wildman–Crippen LogP) is 2.70. The summed E-state index contributed by atoms with van der Waals surface area (Å²) < 4.78 is 14.0. The highest BCUT2D eigenvalue weighted by molar-refractivity contribution is 14.0. The van der Waals surface area contributed by atoms with Gasteiger partial charge in [0.05, 0.1) is 0 Å². The number of benzene rings is 1. The van der Waals surface area contributed by atoms with Crippen LogP contribution < -0.4 is 16.0 Å². The summed E-state index contributed by atoms with van der Waals surface area (Å²) in [7, 11) is 1.72. The molecule has 0 heterocycles. The predicted molar refractivity (Wildman–Crippen MR) is 112 cm³/mol. The number of carbonyl (C=O) groups is 1. The average molecular weight is 474 g/mol. The van der Waals surface area contributed by atoms with Gasteiger partial charge in [-0.1, -0.05) is 18.2 Å². The van der Waals surface area contributed by atoms with Gasteiger partial charge in [-0.2, -0.15) is 0 Å². The van der Waals surface area contributed by atoms with Crippen LogP contribution in [0, 0.1) is 5.82 Å². The number of guanidine groups is 1. The highest BCUT2D eigenvalue weighted by Gasteiger charge is 2.45.